The zero-order valence-corrected chi connectivity index (χ0v) is 16.1. The minimum atomic E-state index is -3.58. The third-order valence-electron chi connectivity index (χ3n) is 4.41. The Balaban J connectivity index is 1.84. The summed E-state index contributed by atoms with van der Waals surface area (Å²) in [5.41, 5.74) is 0.751. The minimum absolute atomic E-state index is 0.125. The molecule has 1 fully saturated rings. The van der Waals surface area contributed by atoms with Crippen LogP contribution in [0, 0.1) is 0 Å². The van der Waals surface area contributed by atoms with Gasteiger partial charge in [0.2, 0.25) is 10.0 Å². The molecule has 0 aromatic heterocycles. The van der Waals surface area contributed by atoms with Crippen molar-refractivity contribution >= 4 is 21.6 Å². The fourth-order valence-corrected chi connectivity index (χ4v) is 4.52. The number of nitrogens with one attached hydrogen (secondary N) is 1. The van der Waals surface area contributed by atoms with E-state index in [-0.39, 0.29) is 10.5 Å². The molecule has 144 valence electrons. The Labute approximate surface area is 158 Å². The van der Waals surface area contributed by atoms with Crippen LogP contribution >= 0.6 is 0 Å². The standard InChI is InChI=1S/C19H22N2O5S/c1-25-16-11-15(12-17(13-16)26-2)20-19(22)14-6-5-7-18(10-14)27(23,24)21-8-3-4-9-21/h5-7,10-13H,3-4,8-9H2,1-2H3,(H,20,22). The van der Waals surface area contributed by atoms with Crippen LogP contribution in [-0.4, -0.2) is 45.9 Å². The highest BCUT2D eigenvalue weighted by atomic mass is 32.2. The van der Waals surface area contributed by atoms with E-state index in [9.17, 15) is 13.2 Å². The maximum Gasteiger partial charge on any atom is 0.255 e. The SMILES string of the molecule is COc1cc(NC(=O)c2cccc(S(=O)(=O)N3CCCC3)c2)cc(OC)c1. The normalized spacial score (nSPS) is 14.7. The van der Waals surface area contributed by atoms with Crippen LogP contribution in [0.2, 0.25) is 0 Å². The highest BCUT2D eigenvalue weighted by Crippen LogP contribution is 2.27. The lowest BCUT2D eigenvalue weighted by atomic mass is 10.2. The first-order chi connectivity index (χ1) is 12.9. The predicted molar refractivity (Wildman–Crippen MR) is 102 cm³/mol. The van der Waals surface area contributed by atoms with Crippen LogP contribution in [0.15, 0.2) is 47.4 Å². The highest BCUT2D eigenvalue weighted by Gasteiger charge is 2.27. The van der Waals surface area contributed by atoms with Gasteiger partial charge in [-0.1, -0.05) is 6.07 Å². The first kappa shape index (κ1) is 19.2. The average Bonchev–Trinajstić information content (AvgIpc) is 3.23. The number of rotatable bonds is 6. The Morgan fingerprint density at radius 1 is 1.00 bits per heavy atom. The van der Waals surface area contributed by atoms with Crippen molar-refractivity contribution in [2.45, 2.75) is 17.7 Å². The van der Waals surface area contributed by atoms with E-state index in [2.05, 4.69) is 5.32 Å². The highest BCUT2D eigenvalue weighted by molar-refractivity contribution is 7.89. The van der Waals surface area contributed by atoms with Crippen molar-refractivity contribution in [3.05, 3.63) is 48.0 Å². The first-order valence-electron chi connectivity index (χ1n) is 8.58. The molecule has 2 aromatic rings. The fourth-order valence-electron chi connectivity index (χ4n) is 2.96. The quantitative estimate of drug-likeness (QED) is 0.820. The van der Waals surface area contributed by atoms with Gasteiger partial charge in [-0.15, -0.1) is 0 Å². The molecule has 0 saturated carbocycles. The van der Waals surface area contributed by atoms with Gasteiger partial charge in [-0.2, -0.15) is 4.31 Å². The van der Waals surface area contributed by atoms with Crippen molar-refractivity contribution in [2.24, 2.45) is 0 Å². The number of hydrogen-bond donors (Lipinski definition) is 1. The van der Waals surface area contributed by atoms with E-state index in [0.717, 1.165) is 12.8 Å². The van der Waals surface area contributed by atoms with Crippen molar-refractivity contribution in [1.29, 1.82) is 0 Å². The van der Waals surface area contributed by atoms with E-state index in [0.29, 0.717) is 30.3 Å². The zero-order valence-electron chi connectivity index (χ0n) is 15.3. The number of anilines is 1. The van der Waals surface area contributed by atoms with E-state index >= 15 is 0 Å². The fraction of sp³-hybridized carbons (Fsp3) is 0.316. The molecular formula is C19H22N2O5S. The molecule has 1 aliphatic heterocycles. The molecule has 1 amide bonds. The van der Waals surface area contributed by atoms with Crippen molar-refractivity contribution in [1.82, 2.24) is 4.31 Å². The molecule has 0 aliphatic carbocycles. The van der Waals surface area contributed by atoms with Gasteiger partial charge in [0.05, 0.1) is 19.1 Å². The van der Waals surface area contributed by atoms with E-state index in [1.54, 1.807) is 30.3 Å². The van der Waals surface area contributed by atoms with E-state index in [1.165, 1.54) is 30.7 Å². The van der Waals surface area contributed by atoms with Crippen molar-refractivity contribution in [3.8, 4) is 11.5 Å². The molecule has 0 spiro atoms. The Hall–Kier alpha value is -2.58. The number of ether oxygens (including phenoxy) is 2. The molecule has 0 unspecified atom stereocenters. The van der Waals surface area contributed by atoms with Gasteiger partial charge in [0, 0.05) is 42.5 Å². The molecule has 7 nitrogen and oxygen atoms in total. The second-order valence-electron chi connectivity index (χ2n) is 6.19. The molecule has 2 aromatic carbocycles. The molecule has 27 heavy (non-hydrogen) atoms. The first-order valence-corrected chi connectivity index (χ1v) is 10.0. The van der Waals surface area contributed by atoms with Crippen molar-refractivity contribution < 1.29 is 22.7 Å². The van der Waals surface area contributed by atoms with E-state index < -0.39 is 15.9 Å². The summed E-state index contributed by atoms with van der Waals surface area (Å²) in [5, 5.41) is 2.75. The second kappa shape index (κ2) is 7.98. The number of carbonyl (C=O) groups is 1. The second-order valence-corrected chi connectivity index (χ2v) is 8.13. The molecular weight excluding hydrogens is 368 g/mol. The summed E-state index contributed by atoms with van der Waals surface area (Å²) in [6.07, 6.45) is 1.72. The number of carbonyl (C=O) groups excluding carboxylic acids is 1. The van der Waals surface area contributed by atoms with Crippen molar-refractivity contribution in [2.75, 3.05) is 32.6 Å². The number of benzene rings is 2. The average molecular weight is 390 g/mol. The summed E-state index contributed by atoms with van der Waals surface area (Å²) >= 11 is 0. The topological polar surface area (TPSA) is 84.9 Å². The van der Waals surface area contributed by atoms with Crippen LogP contribution < -0.4 is 14.8 Å². The van der Waals surface area contributed by atoms with Crippen LogP contribution in [0.3, 0.4) is 0 Å². The van der Waals surface area contributed by atoms with Gasteiger partial charge >= 0.3 is 0 Å². The Bertz CT molecular complexity index is 915. The third-order valence-corrected chi connectivity index (χ3v) is 6.30. The summed E-state index contributed by atoms with van der Waals surface area (Å²) in [7, 11) is -0.534. The van der Waals surface area contributed by atoms with Crippen LogP contribution in [-0.2, 0) is 10.0 Å². The summed E-state index contributed by atoms with van der Waals surface area (Å²) in [6.45, 7) is 1.03. The molecule has 0 atom stereocenters. The number of hydrogen-bond acceptors (Lipinski definition) is 5. The zero-order chi connectivity index (χ0) is 19.4. The predicted octanol–water partition coefficient (Wildman–Crippen LogP) is 2.74. The van der Waals surface area contributed by atoms with E-state index in [4.69, 9.17) is 9.47 Å². The van der Waals surface area contributed by atoms with Crippen LogP contribution in [0.1, 0.15) is 23.2 Å². The van der Waals surface area contributed by atoms with Gasteiger partial charge in [0.1, 0.15) is 11.5 Å². The largest absolute Gasteiger partial charge is 0.497 e. The Morgan fingerprint density at radius 3 is 2.22 bits per heavy atom. The Morgan fingerprint density at radius 2 is 1.63 bits per heavy atom. The lowest BCUT2D eigenvalue weighted by molar-refractivity contribution is 0.102. The van der Waals surface area contributed by atoms with Gasteiger partial charge in [0.15, 0.2) is 0 Å². The maximum atomic E-state index is 12.7. The number of methoxy groups -OCH3 is 2. The van der Waals surface area contributed by atoms with Gasteiger partial charge in [-0.05, 0) is 31.0 Å². The van der Waals surface area contributed by atoms with E-state index in [1.807, 2.05) is 0 Å². The van der Waals surface area contributed by atoms with Gasteiger partial charge in [0.25, 0.3) is 5.91 Å². The van der Waals surface area contributed by atoms with Crippen LogP contribution in [0.25, 0.3) is 0 Å². The molecule has 1 heterocycles. The van der Waals surface area contributed by atoms with Crippen LogP contribution in [0.4, 0.5) is 5.69 Å². The summed E-state index contributed by atoms with van der Waals surface area (Å²) < 4.78 is 37.2. The van der Waals surface area contributed by atoms with Crippen LogP contribution in [0.5, 0.6) is 11.5 Å². The summed E-state index contributed by atoms with van der Waals surface area (Å²) in [4.78, 5) is 12.7. The number of sulfonamides is 1. The minimum Gasteiger partial charge on any atom is -0.497 e. The smallest absolute Gasteiger partial charge is 0.255 e. The third kappa shape index (κ3) is 4.23. The van der Waals surface area contributed by atoms with Gasteiger partial charge in [-0.3, -0.25) is 4.79 Å². The summed E-state index contributed by atoms with van der Waals surface area (Å²) in [5.74, 6) is 0.661. The van der Waals surface area contributed by atoms with Gasteiger partial charge < -0.3 is 14.8 Å². The maximum absolute atomic E-state index is 12.7. The monoisotopic (exact) mass is 390 g/mol. The molecule has 0 radical (unpaired) electrons. The molecule has 0 bridgehead atoms. The lowest BCUT2D eigenvalue weighted by Crippen LogP contribution is -2.28. The van der Waals surface area contributed by atoms with Gasteiger partial charge in [-0.25, -0.2) is 8.42 Å². The lowest BCUT2D eigenvalue weighted by Gasteiger charge is -2.16. The molecule has 3 rings (SSSR count). The summed E-state index contributed by atoms with van der Waals surface area (Å²) in [6, 6.07) is 11.1. The Kier molecular flexibility index (Phi) is 5.67. The molecule has 1 N–H and O–H groups in total. The molecule has 8 heteroatoms. The number of amides is 1. The molecule has 1 saturated heterocycles. The van der Waals surface area contributed by atoms with Crippen molar-refractivity contribution in [3.63, 3.8) is 0 Å². The molecule has 1 aliphatic rings. The number of nitrogens with zero attached hydrogens (tertiary/aromatic N) is 1.